The van der Waals surface area contributed by atoms with Crippen molar-refractivity contribution in [3.05, 3.63) is 24.3 Å². The summed E-state index contributed by atoms with van der Waals surface area (Å²) in [4.78, 5) is -0.315. The molecule has 0 aliphatic rings. The van der Waals surface area contributed by atoms with Crippen LogP contribution in [-0.2, 0) is 19.1 Å². The van der Waals surface area contributed by atoms with Crippen molar-refractivity contribution in [1.29, 1.82) is 0 Å². The predicted molar refractivity (Wildman–Crippen MR) is 74.2 cm³/mol. The molecular formula is C11H16ClNO4S2. The molecule has 108 valence electrons. The molecule has 0 saturated heterocycles. The Morgan fingerprint density at radius 3 is 2.21 bits per heavy atom. The monoisotopic (exact) mass is 325 g/mol. The normalized spacial score (nSPS) is 14.6. The minimum Gasteiger partial charge on any atom is -0.207 e. The van der Waals surface area contributed by atoms with Crippen LogP contribution in [0.4, 0.5) is 0 Å². The second-order valence-corrected chi connectivity index (χ2v) is 8.75. The first-order chi connectivity index (χ1) is 8.60. The van der Waals surface area contributed by atoms with E-state index in [1.54, 1.807) is 6.92 Å². The van der Waals surface area contributed by atoms with Crippen LogP contribution in [0.15, 0.2) is 34.1 Å². The smallest absolute Gasteiger partial charge is 0.207 e. The van der Waals surface area contributed by atoms with Gasteiger partial charge in [0.2, 0.25) is 10.0 Å². The van der Waals surface area contributed by atoms with Crippen LogP contribution in [-0.4, -0.2) is 34.2 Å². The first kappa shape index (κ1) is 16.4. The van der Waals surface area contributed by atoms with Crippen molar-refractivity contribution < 1.29 is 16.8 Å². The maximum atomic E-state index is 12.3. The number of nitrogens with zero attached hydrogens (tertiary/aromatic N) is 1. The van der Waals surface area contributed by atoms with Crippen molar-refractivity contribution in [1.82, 2.24) is 4.31 Å². The molecule has 19 heavy (non-hydrogen) atoms. The number of benzene rings is 1. The van der Waals surface area contributed by atoms with E-state index in [2.05, 4.69) is 0 Å². The van der Waals surface area contributed by atoms with Gasteiger partial charge in [0.25, 0.3) is 9.05 Å². The number of hydrogen-bond donors (Lipinski definition) is 0. The van der Waals surface area contributed by atoms with Gasteiger partial charge in [-0.2, -0.15) is 4.31 Å². The lowest BCUT2D eigenvalue weighted by Gasteiger charge is -2.23. The molecule has 0 spiro atoms. The van der Waals surface area contributed by atoms with Crippen LogP contribution < -0.4 is 0 Å². The summed E-state index contributed by atoms with van der Waals surface area (Å²) in [5.74, 6) is 0. The highest BCUT2D eigenvalue weighted by molar-refractivity contribution is 8.13. The van der Waals surface area contributed by atoms with Crippen LogP contribution in [0.1, 0.15) is 20.3 Å². The Balaban J connectivity index is 3.31. The van der Waals surface area contributed by atoms with Gasteiger partial charge in [0.1, 0.15) is 0 Å². The van der Waals surface area contributed by atoms with Crippen LogP contribution >= 0.6 is 10.7 Å². The molecule has 0 amide bonds. The second-order valence-electron chi connectivity index (χ2n) is 4.19. The minimum atomic E-state index is -3.95. The zero-order valence-electron chi connectivity index (χ0n) is 10.9. The van der Waals surface area contributed by atoms with Crippen molar-refractivity contribution in [3.8, 4) is 0 Å². The number of hydrogen-bond acceptors (Lipinski definition) is 4. The van der Waals surface area contributed by atoms with Gasteiger partial charge in [-0.05, 0) is 31.5 Å². The quantitative estimate of drug-likeness (QED) is 0.777. The largest absolute Gasteiger partial charge is 0.261 e. The molecule has 0 aliphatic carbocycles. The average molecular weight is 326 g/mol. The zero-order valence-corrected chi connectivity index (χ0v) is 13.3. The SMILES string of the molecule is CCC(C)N(C)S(=O)(=O)c1cccc(S(=O)(=O)Cl)c1. The Labute approximate surface area is 118 Å². The van der Waals surface area contributed by atoms with Crippen LogP contribution in [0.5, 0.6) is 0 Å². The van der Waals surface area contributed by atoms with Crippen LogP contribution in [0, 0.1) is 0 Å². The molecule has 1 rings (SSSR count). The van der Waals surface area contributed by atoms with E-state index in [1.807, 2.05) is 6.92 Å². The molecule has 0 saturated carbocycles. The average Bonchev–Trinajstić information content (AvgIpc) is 2.36. The Kier molecular flexibility index (Phi) is 5.00. The molecule has 1 aromatic rings. The van der Waals surface area contributed by atoms with Gasteiger partial charge in [-0.3, -0.25) is 0 Å². The van der Waals surface area contributed by atoms with Crippen LogP contribution in [0.3, 0.4) is 0 Å². The molecule has 0 aromatic heterocycles. The van der Waals surface area contributed by atoms with Gasteiger partial charge in [0.15, 0.2) is 0 Å². The molecular weight excluding hydrogens is 310 g/mol. The molecule has 8 heteroatoms. The Morgan fingerprint density at radius 2 is 1.74 bits per heavy atom. The number of halogens is 1. The third-order valence-corrected chi connectivity index (χ3v) is 6.29. The maximum Gasteiger partial charge on any atom is 0.261 e. The van der Waals surface area contributed by atoms with Crippen molar-refractivity contribution in [3.63, 3.8) is 0 Å². The van der Waals surface area contributed by atoms with E-state index in [9.17, 15) is 16.8 Å². The van der Waals surface area contributed by atoms with Crippen LogP contribution in [0.25, 0.3) is 0 Å². The molecule has 1 unspecified atom stereocenters. The van der Waals surface area contributed by atoms with Crippen molar-refractivity contribution in [2.75, 3.05) is 7.05 Å². The first-order valence-electron chi connectivity index (χ1n) is 5.63. The van der Waals surface area contributed by atoms with Gasteiger partial charge in [-0.25, -0.2) is 16.8 Å². The van der Waals surface area contributed by atoms with E-state index in [0.717, 1.165) is 6.07 Å². The van der Waals surface area contributed by atoms with Gasteiger partial charge in [0.05, 0.1) is 9.79 Å². The zero-order chi connectivity index (χ0) is 14.8. The van der Waals surface area contributed by atoms with Crippen molar-refractivity contribution in [2.24, 2.45) is 0 Å². The van der Waals surface area contributed by atoms with Crippen LogP contribution in [0.2, 0.25) is 0 Å². The highest BCUT2D eigenvalue weighted by Gasteiger charge is 2.25. The molecule has 0 aliphatic heterocycles. The highest BCUT2D eigenvalue weighted by atomic mass is 35.7. The number of rotatable bonds is 5. The third-order valence-electron chi connectivity index (χ3n) is 2.98. The molecule has 0 fully saturated rings. The lowest BCUT2D eigenvalue weighted by molar-refractivity contribution is 0.380. The van der Waals surface area contributed by atoms with E-state index >= 15 is 0 Å². The summed E-state index contributed by atoms with van der Waals surface area (Å²) in [6.45, 7) is 3.65. The Bertz CT molecular complexity index is 655. The summed E-state index contributed by atoms with van der Waals surface area (Å²) in [6.07, 6.45) is 0.656. The van der Waals surface area contributed by atoms with E-state index in [4.69, 9.17) is 10.7 Å². The lowest BCUT2D eigenvalue weighted by Crippen LogP contribution is -2.34. The summed E-state index contributed by atoms with van der Waals surface area (Å²) < 4.78 is 48.3. The maximum absolute atomic E-state index is 12.3. The van der Waals surface area contributed by atoms with E-state index < -0.39 is 19.1 Å². The minimum absolute atomic E-state index is 0.0861. The standard InChI is InChI=1S/C11H16ClNO4S2/c1-4-9(2)13(3)19(16,17)11-7-5-6-10(8-11)18(12,14)15/h5-9H,4H2,1-3H3. The molecule has 1 atom stereocenters. The van der Waals surface area contributed by atoms with Gasteiger partial charge in [-0.15, -0.1) is 0 Å². The summed E-state index contributed by atoms with van der Waals surface area (Å²) in [5.41, 5.74) is 0. The summed E-state index contributed by atoms with van der Waals surface area (Å²) >= 11 is 0. The molecule has 0 N–H and O–H groups in total. The third kappa shape index (κ3) is 3.68. The second kappa shape index (κ2) is 5.78. The molecule has 0 radical (unpaired) electrons. The molecule has 0 bridgehead atoms. The lowest BCUT2D eigenvalue weighted by atomic mass is 10.3. The van der Waals surface area contributed by atoms with E-state index in [1.165, 1.54) is 29.6 Å². The van der Waals surface area contributed by atoms with Gasteiger partial charge in [-0.1, -0.05) is 13.0 Å². The van der Waals surface area contributed by atoms with E-state index in [0.29, 0.717) is 6.42 Å². The molecule has 5 nitrogen and oxygen atoms in total. The molecule has 0 heterocycles. The Morgan fingerprint density at radius 1 is 1.21 bits per heavy atom. The first-order valence-corrected chi connectivity index (χ1v) is 9.38. The summed E-state index contributed by atoms with van der Waals surface area (Å²) in [5, 5.41) is 0. The summed E-state index contributed by atoms with van der Waals surface area (Å²) in [6, 6.07) is 4.84. The Hall–Kier alpha value is -0.630. The van der Waals surface area contributed by atoms with Crippen molar-refractivity contribution in [2.45, 2.75) is 36.1 Å². The van der Waals surface area contributed by atoms with Gasteiger partial charge >= 0.3 is 0 Å². The van der Waals surface area contributed by atoms with Crippen molar-refractivity contribution >= 4 is 29.8 Å². The summed E-state index contributed by atoms with van der Waals surface area (Å²) in [7, 11) is -0.993. The van der Waals surface area contributed by atoms with Gasteiger partial charge < -0.3 is 0 Å². The fourth-order valence-electron chi connectivity index (χ4n) is 1.45. The fraction of sp³-hybridized carbons (Fsp3) is 0.455. The van der Waals surface area contributed by atoms with E-state index in [-0.39, 0.29) is 15.8 Å². The number of sulfonamides is 1. The predicted octanol–water partition coefficient (Wildman–Crippen LogP) is 2.03. The topological polar surface area (TPSA) is 71.5 Å². The fourth-order valence-corrected chi connectivity index (χ4v) is 3.80. The van der Waals surface area contributed by atoms with Gasteiger partial charge in [0, 0.05) is 23.8 Å². The highest BCUT2D eigenvalue weighted by Crippen LogP contribution is 2.22. The molecule has 1 aromatic carbocycles.